The Bertz CT molecular complexity index is 1230. The number of thiol groups is 1. The first-order valence-electron chi connectivity index (χ1n) is 12.6. The normalized spacial score (nSPS) is 13.2. The van der Waals surface area contributed by atoms with Gasteiger partial charge in [0.2, 0.25) is 12.3 Å². The summed E-state index contributed by atoms with van der Waals surface area (Å²) in [6.45, 7) is 6.56. The first-order chi connectivity index (χ1) is 18.2. The van der Waals surface area contributed by atoms with Crippen LogP contribution in [0.3, 0.4) is 0 Å². The fraction of sp³-hybridized carbons (Fsp3) is 0.379. The lowest BCUT2D eigenvalue weighted by Crippen LogP contribution is -2.42. The molecule has 2 aromatic carbocycles. The number of benzene rings is 2. The Morgan fingerprint density at radius 2 is 1.61 bits per heavy atom. The highest BCUT2D eigenvalue weighted by atomic mass is 32.1. The summed E-state index contributed by atoms with van der Waals surface area (Å²) < 4.78 is 12.0. The third-order valence-electron chi connectivity index (χ3n) is 5.96. The second kappa shape index (κ2) is 12.5. The first kappa shape index (κ1) is 28.5. The van der Waals surface area contributed by atoms with E-state index in [0.717, 1.165) is 22.1 Å². The minimum absolute atomic E-state index is 0.194. The number of nitrogens with zero attached hydrogens (tertiary/aromatic N) is 3. The van der Waals surface area contributed by atoms with Gasteiger partial charge in [0.15, 0.2) is 5.60 Å². The van der Waals surface area contributed by atoms with Gasteiger partial charge >= 0.3 is 0 Å². The van der Waals surface area contributed by atoms with Gasteiger partial charge in [-0.15, -0.1) is 11.3 Å². The molecule has 0 saturated heterocycles. The van der Waals surface area contributed by atoms with Gasteiger partial charge in [-0.25, -0.2) is 14.9 Å². The van der Waals surface area contributed by atoms with Crippen molar-refractivity contribution in [3.8, 4) is 0 Å². The average Bonchev–Trinajstić information content (AvgIpc) is 3.56. The van der Waals surface area contributed by atoms with Gasteiger partial charge in [-0.2, -0.15) is 12.6 Å². The molecule has 0 aliphatic rings. The summed E-state index contributed by atoms with van der Waals surface area (Å²) in [5.74, 6) is 1.54. The van der Waals surface area contributed by atoms with Gasteiger partial charge in [-0.3, -0.25) is 0 Å². The molecule has 0 bridgehead atoms. The zero-order valence-electron chi connectivity index (χ0n) is 21.9. The highest BCUT2D eigenvalue weighted by molar-refractivity contribution is 7.80. The molecule has 38 heavy (non-hydrogen) atoms. The molecule has 0 saturated carbocycles. The van der Waals surface area contributed by atoms with Crippen LogP contribution in [0.1, 0.15) is 53.4 Å². The summed E-state index contributed by atoms with van der Waals surface area (Å²) in [7, 11) is 0. The van der Waals surface area contributed by atoms with Crippen LogP contribution in [-0.4, -0.2) is 49.4 Å². The number of hydrogen-bond donors (Lipinski definition) is 3. The van der Waals surface area contributed by atoms with E-state index < -0.39 is 17.6 Å². The van der Waals surface area contributed by atoms with Crippen LogP contribution in [-0.2, 0) is 29.7 Å². The molecule has 2 heterocycles. The second-order valence-electron chi connectivity index (χ2n) is 10.0. The summed E-state index contributed by atoms with van der Waals surface area (Å²) in [6, 6.07) is 18.7. The van der Waals surface area contributed by atoms with E-state index in [-0.39, 0.29) is 5.89 Å². The zero-order valence-corrected chi connectivity index (χ0v) is 23.7. The van der Waals surface area contributed by atoms with Gasteiger partial charge in [0.25, 0.3) is 0 Å². The Morgan fingerprint density at radius 1 is 0.974 bits per heavy atom. The van der Waals surface area contributed by atoms with Gasteiger partial charge in [0.1, 0.15) is 10.8 Å². The molecule has 4 aromatic rings. The number of hydrogen-bond acceptors (Lipinski definition) is 9. The van der Waals surface area contributed by atoms with Gasteiger partial charge in [-0.1, -0.05) is 60.7 Å². The summed E-state index contributed by atoms with van der Waals surface area (Å²) in [4.78, 5) is 12.0. The Balaban J connectivity index is 1.55. The molecule has 202 valence electrons. The molecule has 1 unspecified atom stereocenters. The van der Waals surface area contributed by atoms with Crippen molar-refractivity contribution >= 4 is 24.0 Å². The van der Waals surface area contributed by atoms with E-state index in [4.69, 9.17) is 9.15 Å². The Morgan fingerprint density at radius 3 is 2.18 bits per heavy atom. The number of thiazole rings is 1. The topological polar surface area (TPSA) is 91.9 Å². The smallest absolute Gasteiger partial charge is 0.235 e. The number of rotatable bonds is 12. The maximum absolute atomic E-state index is 11.9. The number of oxazole rings is 1. The van der Waals surface area contributed by atoms with Crippen molar-refractivity contribution in [2.45, 2.75) is 57.8 Å². The molecule has 0 aliphatic carbocycles. The molecule has 0 aliphatic heterocycles. The maximum Gasteiger partial charge on any atom is 0.235 e. The largest absolute Gasteiger partial charge is 0.442 e. The van der Waals surface area contributed by atoms with Gasteiger partial charge in [0, 0.05) is 24.0 Å². The van der Waals surface area contributed by atoms with Crippen LogP contribution >= 0.6 is 24.0 Å². The van der Waals surface area contributed by atoms with Crippen molar-refractivity contribution in [1.29, 1.82) is 0 Å². The summed E-state index contributed by atoms with van der Waals surface area (Å²) >= 11 is 5.92. The lowest BCUT2D eigenvalue weighted by Gasteiger charge is -2.32. The lowest BCUT2D eigenvalue weighted by molar-refractivity contribution is -0.241. The van der Waals surface area contributed by atoms with E-state index in [1.54, 1.807) is 17.5 Å². The van der Waals surface area contributed by atoms with Crippen LogP contribution in [0.25, 0.3) is 0 Å². The first-order valence-corrected chi connectivity index (χ1v) is 14.1. The van der Waals surface area contributed by atoms with E-state index >= 15 is 0 Å². The molecule has 9 heteroatoms. The molecule has 2 aromatic heterocycles. The third-order valence-corrected chi connectivity index (χ3v) is 7.23. The molecule has 0 radical (unpaired) electrons. The highest BCUT2D eigenvalue weighted by Crippen LogP contribution is 2.36. The molecular formula is C29H35N3O4S2. The van der Waals surface area contributed by atoms with Gasteiger partial charge in [-0.05, 0) is 44.1 Å². The van der Waals surface area contributed by atoms with E-state index in [0.29, 0.717) is 36.4 Å². The van der Waals surface area contributed by atoms with Crippen molar-refractivity contribution in [1.82, 2.24) is 14.9 Å². The predicted octanol–water partition coefficient (Wildman–Crippen LogP) is 5.02. The molecule has 7 nitrogen and oxygen atoms in total. The monoisotopic (exact) mass is 553 g/mol. The molecular weight excluding hydrogens is 518 g/mol. The van der Waals surface area contributed by atoms with Gasteiger partial charge < -0.3 is 19.4 Å². The molecule has 0 spiro atoms. The Hall–Kier alpha value is -2.53. The quantitative estimate of drug-likeness (QED) is 0.168. The van der Waals surface area contributed by atoms with Crippen molar-refractivity contribution in [2.75, 3.05) is 12.3 Å². The summed E-state index contributed by atoms with van der Waals surface area (Å²) in [5.41, 5.74) is -0.745. The molecule has 2 N–H and O–H groups in total. The summed E-state index contributed by atoms with van der Waals surface area (Å²) in [5, 5.41) is 23.7. The second-order valence-corrected chi connectivity index (χ2v) is 11.7. The third kappa shape index (κ3) is 7.11. The average molecular weight is 554 g/mol. The van der Waals surface area contributed by atoms with Crippen LogP contribution in [0.15, 0.2) is 77.5 Å². The molecule has 0 fully saturated rings. The van der Waals surface area contributed by atoms with Gasteiger partial charge in [0.05, 0.1) is 18.3 Å². The van der Waals surface area contributed by atoms with Crippen molar-refractivity contribution in [2.24, 2.45) is 0 Å². The summed E-state index contributed by atoms with van der Waals surface area (Å²) in [6.07, 6.45) is 3.68. The van der Waals surface area contributed by atoms with Crippen LogP contribution in [0.4, 0.5) is 0 Å². The fourth-order valence-electron chi connectivity index (χ4n) is 4.10. The minimum atomic E-state index is -1.54. The number of aromatic nitrogens is 2. The lowest BCUT2D eigenvalue weighted by atomic mass is 9.86. The fourth-order valence-corrected chi connectivity index (χ4v) is 5.44. The van der Waals surface area contributed by atoms with E-state index in [9.17, 15) is 10.2 Å². The molecule has 0 amide bonds. The standard InChI is InChI=1S/C29H35N3O4S2/c1-28(2,3)36-27(33)32(20-25-30-19-24(38-25)15-17-37)16-14-23-18-31-26(35-23)29(34,21-10-6-4-7-11-21)22-12-8-5-9-13-22/h4-13,18-19,27,33-34,37H,14-17,20H2,1-3H3. The highest BCUT2D eigenvalue weighted by Gasteiger charge is 2.38. The van der Waals surface area contributed by atoms with Crippen molar-refractivity contribution in [3.05, 3.63) is 106 Å². The number of aryl methyl sites for hydroxylation is 1. The Kier molecular flexibility index (Phi) is 9.40. The number of aliphatic hydroxyl groups is 2. The Labute approximate surface area is 233 Å². The van der Waals surface area contributed by atoms with Crippen LogP contribution < -0.4 is 0 Å². The van der Waals surface area contributed by atoms with Crippen LogP contribution in [0, 0.1) is 0 Å². The van der Waals surface area contributed by atoms with E-state index in [2.05, 4.69) is 22.6 Å². The number of ether oxygens (including phenoxy) is 1. The van der Waals surface area contributed by atoms with E-state index in [1.807, 2.05) is 92.5 Å². The maximum atomic E-state index is 11.9. The van der Waals surface area contributed by atoms with Crippen molar-refractivity contribution < 1.29 is 19.4 Å². The zero-order chi connectivity index (χ0) is 27.2. The van der Waals surface area contributed by atoms with Crippen LogP contribution in [0.2, 0.25) is 0 Å². The number of aliphatic hydroxyl groups excluding tert-OH is 1. The van der Waals surface area contributed by atoms with Crippen LogP contribution in [0.5, 0.6) is 0 Å². The SMILES string of the molecule is CC(C)(C)OC(O)N(CCc1cnc(C(O)(c2ccccc2)c2ccccc2)o1)Cc1ncc(CCS)s1. The molecule has 1 atom stereocenters. The predicted molar refractivity (Wildman–Crippen MR) is 152 cm³/mol. The van der Waals surface area contributed by atoms with Crippen molar-refractivity contribution in [3.63, 3.8) is 0 Å². The van der Waals surface area contributed by atoms with E-state index in [1.165, 1.54) is 0 Å². The minimum Gasteiger partial charge on any atom is -0.442 e. The molecule has 4 rings (SSSR count).